The van der Waals surface area contributed by atoms with Crippen LogP contribution in [0, 0.1) is 0 Å². The molecule has 2 rings (SSSR count). The summed E-state index contributed by atoms with van der Waals surface area (Å²) in [7, 11) is 0. The number of aromatic nitrogens is 2. The summed E-state index contributed by atoms with van der Waals surface area (Å²) in [5.41, 5.74) is 0.675. The molecule has 1 atom stereocenters. The van der Waals surface area contributed by atoms with Crippen LogP contribution in [0.15, 0.2) is 12.5 Å². The highest BCUT2D eigenvalue weighted by Crippen LogP contribution is 2.17. The SMILES string of the molecule is O=C(NC1CCCC1)N[C@@H](Cc1cnc[nH]1)C(=O)O. The van der Waals surface area contributed by atoms with Crippen LogP contribution in [-0.2, 0) is 11.2 Å². The molecule has 0 unspecified atom stereocenters. The molecule has 7 nitrogen and oxygen atoms in total. The predicted octanol–water partition coefficient (Wildman–Crippen LogP) is 0.647. The van der Waals surface area contributed by atoms with E-state index < -0.39 is 18.0 Å². The number of carbonyl (C=O) groups excluding carboxylic acids is 1. The lowest BCUT2D eigenvalue weighted by molar-refractivity contribution is -0.139. The number of nitrogens with zero attached hydrogens (tertiary/aromatic N) is 1. The van der Waals surface area contributed by atoms with E-state index in [0.717, 1.165) is 25.7 Å². The van der Waals surface area contributed by atoms with Crippen molar-refractivity contribution in [1.82, 2.24) is 20.6 Å². The molecule has 1 fully saturated rings. The smallest absolute Gasteiger partial charge is 0.326 e. The van der Waals surface area contributed by atoms with E-state index in [2.05, 4.69) is 20.6 Å². The zero-order valence-electron chi connectivity index (χ0n) is 10.6. The molecule has 1 aromatic rings. The maximum Gasteiger partial charge on any atom is 0.326 e. The first-order chi connectivity index (χ1) is 9.15. The van der Waals surface area contributed by atoms with Crippen molar-refractivity contribution in [1.29, 1.82) is 0 Å². The third-order valence-electron chi connectivity index (χ3n) is 3.27. The van der Waals surface area contributed by atoms with Gasteiger partial charge in [-0.2, -0.15) is 0 Å². The van der Waals surface area contributed by atoms with E-state index in [-0.39, 0.29) is 12.5 Å². The summed E-state index contributed by atoms with van der Waals surface area (Å²) in [4.78, 5) is 29.5. The summed E-state index contributed by atoms with van der Waals surface area (Å²) in [5, 5.41) is 14.4. The molecule has 0 radical (unpaired) electrons. The molecular formula is C12H18N4O3. The van der Waals surface area contributed by atoms with Gasteiger partial charge >= 0.3 is 12.0 Å². The van der Waals surface area contributed by atoms with Gasteiger partial charge in [-0.05, 0) is 12.8 Å². The molecule has 1 aliphatic carbocycles. The molecular weight excluding hydrogens is 248 g/mol. The summed E-state index contributed by atoms with van der Waals surface area (Å²) < 4.78 is 0. The number of carboxylic acids is 1. The van der Waals surface area contributed by atoms with Gasteiger partial charge in [0, 0.05) is 24.4 Å². The summed E-state index contributed by atoms with van der Waals surface area (Å²) >= 11 is 0. The van der Waals surface area contributed by atoms with Crippen molar-refractivity contribution in [3.8, 4) is 0 Å². The van der Waals surface area contributed by atoms with E-state index in [0.29, 0.717) is 5.69 Å². The van der Waals surface area contributed by atoms with Gasteiger partial charge in [0.15, 0.2) is 0 Å². The third-order valence-corrected chi connectivity index (χ3v) is 3.27. The second-order valence-electron chi connectivity index (χ2n) is 4.77. The zero-order valence-corrected chi connectivity index (χ0v) is 10.6. The highest BCUT2D eigenvalue weighted by atomic mass is 16.4. The minimum absolute atomic E-state index is 0.168. The number of aromatic amines is 1. The fourth-order valence-corrected chi connectivity index (χ4v) is 2.27. The number of carbonyl (C=O) groups is 2. The monoisotopic (exact) mass is 266 g/mol. The quantitative estimate of drug-likeness (QED) is 0.627. The van der Waals surface area contributed by atoms with Crippen LogP contribution in [0.25, 0.3) is 0 Å². The minimum Gasteiger partial charge on any atom is -0.480 e. The average molecular weight is 266 g/mol. The second kappa shape index (κ2) is 6.21. The number of carboxylic acid groups (broad SMARTS) is 1. The highest BCUT2D eigenvalue weighted by Gasteiger charge is 2.23. The van der Waals surface area contributed by atoms with Crippen LogP contribution in [0.4, 0.5) is 4.79 Å². The van der Waals surface area contributed by atoms with Gasteiger partial charge in [0.05, 0.1) is 6.33 Å². The largest absolute Gasteiger partial charge is 0.480 e. The molecule has 19 heavy (non-hydrogen) atoms. The Labute approximate surface area is 110 Å². The number of hydrogen-bond acceptors (Lipinski definition) is 3. The molecule has 0 aliphatic heterocycles. The summed E-state index contributed by atoms with van der Waals surface area (Å²) in [5.74, 6) is -1.06. The van der Waals surface area contributed by atoms with Gasteiger partial charge in [0.2, 0.25) is 0 Å². The van der Waals surface area contributed by atoms with E-state index in [1.165, 1.54) is 6.33 Å². The van der Waals surface area contributed by atoms with Gasteiger partial charge in [-0.25, -0.2) is 14.6 Å². The van der Waals surface area contributed by atoms with Crippen molar-refractivity contribution >= 4 is 12.0 Å². The van der Waals surface area contributed by atoms with Crippen molar-refractivity contribution < 1.29 is 14.7 Å². The summed E-state index contributed by atoms with van der Waals surface area (Å²) in [6.07, 6.45) is 7.37. The Morgan fingerprint density at radius 2 is 2.21 bits per heavy atom. The van der Waals surface area contributed by atoms with Crippen LogP contribution in [0.2, 0.25) is 0 Å². The fraction of sp³-hybridized carbons (Fsp3) is 0.583. The number of amides is 2. The van der Waals surface area contributed by atoms with Gasteiger partial charge < -0.3 is 20.7 Å². The number of imidazole rings is 1. The van der Waals surface area contributed by atoms with Crippen LogP contribution < -0.4 is 10.6 Å². The van der Waals surface area contributed by atoms with E-state index in [9.17, 15) is 9.59 Å². The molecule has 0 bridgehead atoms. The van der Waals surface area contributed by atoms with Crippen LogP contribution in [0.3, 0.4) is 0 Å². The standard InChI is InChI=1S/C12H18N4O3/c17-11(18)10(5-9-6-13-7-14-9)16-12(19)15-8-3-1-2-4-8/h6-8,10H,1-5H2,(H,13,14)(H,17,18)(H2,15,16,19)/t10-/m0/s1. The number of urea groups is 1. The second-order valence-corrected chi connectivity index (χ2v) is 4.77. The van der Waals surface area contributed by atoms with Gasteiger partial charge in [0.25, 0.3) is 0 Å². The zero-order chi connectivity index (χ0) is 13.7. The fourth-order valence-electron chi connectivity index (χ4n) is 2.27. The van der Waals surface area contributed by atoms with E-state index >= 15 is 0 Å². The summed E-state index contributed by atoms with van der Waals surface area (Å²) in [6, 6.07) is -1.21. The topological polar surface area (TPSA) is 107 Å². The van der Waals surface area contributed by atoms with Crippen LogP contribution in [-0.4, -0.2) is 39.2 Å². The first kappa shape index (κ1) is 13.4. The van der Waals surface area contributed by atoms with E-state index in [1.54, 1.807) is 6.20 Å². The molecule has 1 aliphatic rings. The van der Waals surface area contributed by atoms with Crippen molar-refractivity contribution in [2.75, 3.05) is 0 Å². The number of H-pyrrole nitrogens is 1. The Hall–Kier alpha value is -2.05. The minimum atomic E-state index is -1.06. The molecule has 2 amide bonds. The number of nitrogens with one attached hydrogen (secondary N) is 3. The Bertz CT molecular complexity index is 426. The van der Waals surface area contributed by atoms with Gasteiger partial charge in [-0.3, -0.25) is 0 Å². The molecule has 0 aromatic carbocycles. The lowest BCUT2D eigenvalue weighted by Gasteiger charge is -2.17. The Morgan fingerprint density at radius 1 is 1.47 bits per heavy atom. The Balaban J connectivity index is 1.85. The molecule has 1 heterocycles. The molecule has 1 aromatic heterocycles. The normalized spacial score (nSPS) is 17.1. The third kappa shape index (κ3) is 3.97. The maximum atomic E-state index is 11.7. The lowest BCUT2D eigenvalue weighted by Crippen LogP contribution is -2.49. The average Bonchev–Trinajstić information content (AvgIpc) is 3.00. The van der Waals surface area contributed by atoms with Crippen LogP contribution >= 0.6 is 0 Å². The Kier molecular flexibility index (Phi) is 4.38. The van der Waals surface area contributed by atoms with Crippen molar-refractivity contribution in [2.24, 2.45) is 0 Å². The van der Waals surface area contributed by atoms with Gasteiger partial charge in [-0.1, -0.05) is 12.8 Å². The molecule has 7 heteroatoms. The van der Waals surface area contributed by atoms with Crippen LogP contribution in [0.1, 0.15) is 31.4 Å². The number of aliphatic carboxylic acids is 1. The van der Waals surface area contributed by atoms with E-state index in [4.69, 9.17) is 5.11 Å². The van der Waals surface area contributed by atoms with Crippen LogP contribution in [0.5, 0.6) is 0 Å². The van der Waals surface area contributed by atoms with Crippen molar-refractivity contribution in [3.63, 3.8) is 0 Å². The highest BCUT2D eigenvalue weighted by molar-refractivity contribution is 5.82. The molecule has 104 valence electrons. The maximum absolute atomic E-state index is 11.7. The van der Waals surface area contributed by atoms with Crippen molar-refractivity contribution in [3.05, 3.63) is 18.2 Å². The predicted molar refractivity (Wildman–Crippen MR) is 67.6 cm³/mol. The Morgan fingerprint density at radius 3 is 2.79 bits per heavy atom. The van der Waals surface area contributed by atoms with Gasteiger partial charge in [0.1, 0.15) is 6.04 Å². The first-order valence-corrected chi connectivity index (χ1v) is 6.42. The van der Waals surface area contributed by atoms with Crippen molar-refractivity contribution in [2.45, 2.75) is 44.2 Å². The lowest BCUT2D eigenvalue weighted by atomic mass is 10.1. The summed E-state index contributed by atoms with van der Waals surface area (Å²) in [6.45, 7) is 0. The molecule has 0 saturated heterocycles. The molecule has 0 spiro atoms. The first-order valence-electron chi connectivity index (χ1n) is 6.42. The molecule has 4 N–H and O–H groups in total. The number of rotatable bonds is 5. The van der Waals surface area contributed by atoms with E-state index in [1.807, 2.05) is 0 Å². The number of hydrogen-bond donors (Lipinski definition) is 4. The van der Waals surface area contributed by atoms with Gasteiger partial charge in [-0.15, -0.1) is 0 Å². The molecule has 1 saturated carbocycles.